The Labute approximate surface area is 232 Å². The summed E-state index contributed by atoms with van der Waals surface area (Å²) in [5.41, 5.74) is 3.10. The van der Waals surface area contributed by atoms with E-state index in [-0.39, 0.29) is 24.4 Å². The fraction of sp³-hybridized carbons (Fsp3) is 0.310. The van der Waals surface area contributed by atoms with Gasteiger partial charge in [0.15, 0.2) is 0 Å². The summed E-state index contributed by atoms with van der Waals surface area (Å²) in [6, 6.07) is 17.3. The first-order valence-electron chi connectivity index (χ1n) is 13.1. The summed E-state index contributed by atoms with van der Waals surface area (Å²) in [5.74, 6) is -0.198. The van der Waals surface area contributed by atoms with Crippen molar-refractivity contribution in [3.05, 3.63) is 89.2 Å². The van der Waals surface area contributed by atoms with E-state index in [2.05, 4.69) is 25.7 Å². The average Bonchev–Trinajstić information content (AvgIpc) is 3.42. The van der Waals surface area contributed by atoms with Gasteiger partial charge in [0, 0.05) is 34.7 Å². The zero-order valence-corrected chi connectivity index (χ0v) is 22.5. The number of carbonyl (C=O) groups is 2. The summed E-state index contributed by atoms with van der Waals surface area (Å²) in [6.45, 7) is 1.79. The summed E-state index contributed by atoms with van der Waals surface area (Å²) in [6.07, 6.45) is 8.41. The highest BCUT2D eigenvalue weighted by atomic mass is 35.5. The molecule has 0 aliphatic heterocycles. The fourth-order valence-corrected chi connectivity index (χ4v) is 4.98. The number of pyridine rings is 1. The van der Waals surface area contributed by atoms with Crippen molar-refractivity contribution in [3.8, 4) is 11.4 Å². The van der Waals surface area contributed by atoms with Gasteiger partial charge in [-0.1, -0.05) is 60.7 Å². The van der Waals surface area contributed by atoms with Gasteiger partial charge in [-0.25, -0.2) is 0 Å². The van der Waals surface area contributed by atoms with Gasteiger partial charge in [-0.3, -0.25) is 19.5 Å². The first-order chi connectivity index (χ1) is 19.0. The molecule has 10 heteroatoms. The monoisotopic (exact) mass is 543 g/mol. The number of nitrogens with zero attached hydrogens (tertiary/aromatic N) is 6. The van der Waals surface area contributed by atoms with Crippen LogP contribution in [0.1, 0.15) is 49.3 Å². The Morgan fingerprint density at radius 2 is 1.69 bits per heavy atom. The Bertz CT molecular complexity index is 1400. The molecule has 200 valence electrons. The molecule has 1 unspecified atom stereocenters. The van der Waals surface area contributed by atoms with Gasteiger partial charge < -0.3 is 5.32 Å². The van der Waals surface area contributed by atoms with Crippen molar-refractivity contribution < 1.29 is 9.59 Å². The number of carbonyl (C=O) groups excluding carboxylic acids is 2. The summed E-state index contributed by atoms with van der Waals surface area (Å²) in [4.78, 5) is 34.7. The molecule has 1 saturated carbocycles. The maximum atomic E-state index is 14.0. The molecule has 0 saturated heterocycles. The molecule has 1 N–H and O–H groups in total. The number of amides is 2. The van der Waals surface area contributed by atoms with E-state index in [9.17, 15) is 9.59 Å². The molecule has 4 aromatic rings. The third-order valence-electron chi connectivity index (χ3n) is 6.89. The second-order valence-corrected chi connectivity index (χ2v) is 10.2. The standard InChI is InChI=1S/C29H30ClN7O2/c1-20-7-9-22(10-8-20)28-33-35-36(34-28)19-26(38)37(25-13-11-23(30)12-14-25)27(21-15-17-31-18-16-21)29(39)32-24-5-3-2-4-6-24/h7-18,24,27H,2-6,19H2,1H3,(H,32,39). The average molecular weight is 544 g/mol. The molecule has 2 amide bonds. The van der Waals surface area contributed by atoms with Gasteiger partial charge in [0.05, 0.1) is 0 Å². The van der Waals surface area contributed by atoms with Crippen LogP contribution >= 0.6 is 11.6 Å². The number of hydrogen-bond donors (Lipinski definition) is 1. The van der Waals surface area contributed by atoms with Crippen molar-refractivity contribution in [2.24, 2.45) is 0 Å². The van der Waals surface area contributed by atoms with Gasteiger partial charge >= 0.3 is 0 Å². The van der Waals surface area contributed by atoms with E-state index in [4.69, 9.17) is 11.6 Å². The minimum atomic E-state index is -0.927. The highest BCUT2D eigenvalue weighted by Gasteiger charge is 2.34. The van der Waals surface area contributed by atoms with Crippen molar-refractivity contribution in [2.45, 2.75) is 57.7 Å². The number of nitrogens with one attached hydrogen (secondary N) is 1. The van der Waals surface area contributed by atoms with Crippen LogP contribution in [0.15, 0.2) is 73.1 Å². The van der Waals surface area contributed by atoms with Crippen LogP contribution in [0.25, 0.3) is 11.4 Å². The molecule has 2 aromatic carbocycles. The molecule has 5 rings (SSSR count). The van der Waals surface area contributed by atoms with Crippen LogP contribution in [0.2, 0.25) is 5.02 Å². The highest BCUT2D eigenvalue weighted by Crippen LogP contribution is 2.30. The summed E-state index contributed by atoms with van der Waals surface area (Å²) in [7, 11) is 0. The highest BCUT2D eigenvalue weighted by molar-refractivity contribution is 6.30. The van der Waals surface area contributed by atoms with E-state index >= 15 is 0 Å². The van der Waals surface area contributed by atoms with Crippen molar-refractivity contribution >= 4 is 29.1 Å². The molecule has 0 spiro atoms. The third-order valence-corrected chi connectivity index (χ3v) is 7.14. The van der Waals surface area contributed by atoms with Crippen LogP contribution in [0.3, 0.4) is 0 Å². The Morgan fingerprint density at radius 3 is 2.38 bits per heavy atom. The molecule has 1 aliphatic rings. The topological polar surface area (TPSA) is 106 Å². The normalized spacial score (nSPS) is 14.5. The number of hydrogen-bond acceptors (Lipinski definition) is 6. The Kier molecular flexibility index (Phi) is 8.27. The number of anilines is 1. The molecular weight excluding hydrogens is 514 g/mol. The van der Waals surface area contributed by atoms with Crippen LogP contribution < -0.4 is 10.2 Å². The van der Waals surface area contributed by atoms with Gasteiger partial charge in [-0.05, 0) is 66.9 Å². The minimum absolute atomic E-state index is 0.0757. The number of rotatable bonds is 8. The molecule has 0 bridgehead atoms. The van der Waals surface area contributed by atoms with E-state index in [1.54, 1.807) is 48.8 Å². The molecule has 39 heavy (non-hydrogen) atoms. The maximum Gasteiger partial charge on any atom is 0.251 e. The Hall–Kier alpha value is -4.11. The Morgan fingerprint density at radius 1 is 1.00 bits per heavy atom. The zero-order chi connectivity index (χ0) is 27.2. The summed E-state index contributed by atoms with van der Waals surface area (Å²) < 4.78 is 0. The molecule has 2 aromatic heterocycles. The lowest BCUT2D eigenvalue weighted by Crippen LogP contribution is -2.48. The van der Waals surface area contributed by atoms with E-state index in [0.29, 0.717) is 22.1 Å². The number of aryl methyl sites for hydroxylation is 1. The number of halogens is 1. The van der Waals surface area contributed by atoms with Crippen LogP contribution in [-0.4, -0.2) is 43.0 Å². The first-order valence-corrected chi connectivity index (χ1v) is 13.5. The zero-order valence-electron chi connectivity index (χ0n) is 21.7. The minimum Gasteiger partial charge on any atom is -0.351 e. The van der Waals surface area contributed by atoms with Gasteiger partial charge in [0.25, 0.3) is 5.91 Å². The van der Waals surface area contributed by atoms with Crippen molar-refractivity contribution in [1.82, 2.24) is 30.5 Å². The largest absolute Gasteiger partial charge is 0.351 e. The second kappa shape index (κ2) is 12.2. The lowest BCUT2D eigenvalue weighted by atomic mass is 9.94. The molecule has 0 radical (unpaired) electrons. The molecule has 1 atom stereocenters. The number of tetrazole rings is 1. The van der Waals surface area contributed by atoms with E-state index in [0.717, 1.165) is 36.8 Å². The van der Waals surface area contributed by atoms with Crippen molar-refractivity contribution in [2.75, 3.05) is 4.90 Å². The first kappa shape index (κ1) is 26.5. The van der Waals surface area contributed by atoms with Gasteiger partial charge in [0.1, 0.15) is 12.6 Å². The lowest BCUT2D eigenvalue weighted by molar-refractivity contribution is -0.127. The van der Waals surface area contributed by atoms with Crippen LogP contribution in [0.5, 0.6) is 0 Å². The van der Waals surface area contributed by atoms with Gasteiger partial charge in [0.2, 0.25) is 11.7 Å². The SMILES string of the molecule is Cc1ccc(-c2nnn(CC(=O)N(c3ccc(Cl)cc3)C(C(=O)NC3CCCCC3)c3ccncc3)n2)cc1. The Balaban J connectivity index is 1.47. The summed E-state index contributed by atoms with van der Waals surface area (Å²) in [5, 5.41) is 16.4. The third kappa shape index (κ3) is 6.49. The number of aromatic nitrogens is 5. The molecule has 1 fully saturated rings. The lowest BCUT2D eigenvalue weighted by Gasteiger charge is -2.33. The molecule has 1 aliphatic carbocycles. The maximum absolute atomic E-state index is 14.0. The van der Waals surface area contributed by atoms with E-state index < -0.39 is 6.04 Å². The molecular formula is C29H30ClN7O2. The van der Waals surface area contributed by atoms with Crippen LogP contribution in [-0.2, 0) is 16.1 Å². The smallest absolute Gasteiger partial charge is 0.251 e. The molecule has 9 nitrogen and oxygen atoms in total. The molecule has 2 heterocycles. The van der Waals surface area contributed by atoms with Gasteiger partial charge in [-0.2, -0.15) is 4.80 Å². The van der Waals surface area contributed by atoms with Crippen molar-refractivity contribution in [3.63, 3.8) is 0 Å². The van der Waals surface area contributed by atoms with Crippen LogP contribution in [0, 0.1) is 6.92 Å². The number of benzene rings is 2. The predicted octanol–water partition coefficient (Wildman–Crippen LogP) is 4.92. The second-order valence-electron chi connectivity index (χ2n) is 9.78. The predicted molar refractivity (Wildman–Crippen MR) is 149 cm³/mol. The summed E-state index contributed by atoms with van der Waals surface area (Å²) >= 11 is 6.16. The quantitative estimate of drug-likeness (QED) is 0.338. The van der Waals surface area contributed by atoms with E-state index in [1.165, 1.54) is 16.1 Å². The van der Waals surface area contributed by atoms with Crippen LogP contribution in [0.4, 0.5) is 5.69 Å². The van der Waals surface area contributed by atoms with Gasteiger partial charge in [-0.15, -0.1) is 10.2 Å². The van der Waals surface area contributed by atoms with E-state index in [1.807, 2.05) is 31.2 Å². The van der Waals surface area contributed by atoms with Crippen molar-refractivity contribution in [1.29, 1.82) is 0 Å². The fourth-order valence-electron chi connectivity index (χ4n) is 4.85.